The fraction of sp³-hybridized carbons (Fsp3) is 0.667. The van der Waals surface area contributed by atoms with Crippen LogP contribution in [0.2, 0.25) is 0 Å². The average molecular weight is 669 g/mol. The van der Waals surface area contributed by atoms with Crippen LogP contribution in [0.3, 0.4) is 0 Å². The van der Waals surface area contributed by atoms with E-state index in [-0.39, 0.29) is 19.4 Å². The van der Waals surface area contributed by atoms with E-state index in [1.807, 2.05) is 12.2 Å². The van der Waals surface area contributed by atoms with Gasteiger partial charge in [0.1, 0.15) is 6.61 Å². The molecule has 46 heavy (non-hydrogen) atoms. The molecule has 3 N–H and O–H groups in total. The van der Waals surface area contributed by atoms with Crippen LogP contribution in [0.1, 0.15) is 124 Å². The molecule has 0 heterocycles. The number of hydrogen-bond acceptors (Lipinski definition) is 7. The van der Waals surface area contributed by atoms with Gasteiger partial charge in [0.25, 0.3) is 0 Å². The molecular weight excluding hydrogens is 607 g/mol. The summed E-state index contributed by atoms with van der Waals surface area (Å²) < 4.78 is 26.1. The SMILES string of the molecule is CC/C=C\C/C=C\C/C=C\C/C=C\C=C\C(O)CCCC(=O)O[C@H](COC(=O)CCCCCCCCC(C)CC)COP(=O)(O)O. The second-order valence-electron chi connectivity index (χ2n) is 11.6. The number of aliphatic hydroxyl groups is 1. The quantitative estimate of drug-likeness (QED) is 0.0235. The van der Waals surface area contributed by atoms with Gasteiger partial charge < -0.3 is 24.4 Å². The first-order valence-corrected chi connectivity index (χ1v) is 18.6. The first kappa shape index (κ1) is 43.7. The average Bonchev–Trinajstić information content (AvgIpc) is 3.01. The number of hydrogen-bond donors (Lipinski definition) is 3. The van der Waals surface area contributed by atoms with Gasteiger partial charge in [-0.3, -0.25) is 14.1 Å². The number of aliphatic hydroxyl groups excluding tert-OH is 1. The van der Waals surface area contributed by atoms with Crippen LogP contribution >= 0.6 is 7.82 Å². The topological polar surface area (TPSA) is 140 Å². The van der Waals surface area contributed by atoms with Gasteiger partial charge in [0.15, 0.2) is 6.10 Å². The number of unbranched alkanes of at least 4 members (excludes halogenated alkanes) is 5. The second-order valence-corrected chi connectivity index (χ2v) is 12.8. The Hall–Kier alpha value is -2.29. The predicted octanol–water partition coefficient (Wildman–Crippen LogP) is 8.61. The molecular formula is C36H61O9P. The lowest BCUT2D eigenvalue weighted by Crippen LogP contribution is -2.29. The summed E-state index contributed by atoms with van der Waals surface area (Å²) in [5, 5.41) is 10.1. The van der Waals surface area contributed by atoms with Gasteiger partial charge in [0, 0.05) is 12.8 Å². The van der Waals surface area contributed by atoms with Gasteiger partial charge in [0.2, 0.25) is 0 Å². The van der Waals surface area contributed by atoms with Crippen molar-refractivity contribution in [2.45, 2.75) is 136 Å². The number of phosphoric acid groups is 1. The molecule has 9 nitrogen and oxygen atoms in total. The van der Waals surface area contributed by atoms with E-state index in [0.717, 1.165) is 50.9 Å². The standard InChI is InChI=1S/C36H61O9P/c1-4-6-7-8-9-10-11-12-13-14-15-19-22-26-33(37)27-24-29-36(39)45-34(31-44-46(40,41)42)30-43-35(38)28-23-20-17-16-18-21-25-32(3)5-2/h6-7,9-10,12-13,15,19,22,26,32-34,37H,4-5,8,11,14,16-18,20-21,23-25,27-31H2,1-3H3,(H2,40,41,42)/b7-6-,10-9-,13-12-,19-15-,26-22+/t32?,33?,34-/m1/s1. The van der Waals surface area contributed by atoms with Crippen molar-refractivity contribution in [1.29, 1.82) is 0 Å². The maximum absolute atomic E-state index is 12.3. The highest BCUT2D eigenvalue weighted by atomic mass is 31.2. The Labute approximate surface area is 278 Å². The van der Waals surface area contributed by atoms with E-state index < -0.39 is 38.6 Å². The molecule has 3 atom stereocenters. The molecule has 0 aliphatic carbocycles. The molecule has 0 bridgehead atoms. The molecule has 0 saturated carbocycles. The summed E-state index contributed by atoms with van der Waals surface area (Å²) in [4.78, 5) is 42.5. The Morgan fingerprint density at radius 1 is 0.717 bits per heavy atom. The minimum Gasteiger partial charge on any atom is -0.462 e. The molecule has 0 aromatic rings. The highest BCUT2D eigenvalue weighted by Gasteiger charge is 2.23. The van der Waals surface area contributed by atoms with Crippen LogP contribution in [0.15, 0.2) is 60.8 Å². The number of allylic oxidation sites excluding steroid dienone is 9. The number of ether oxygens (including phenoxy) is 2. The molecule has 0 amide bonds. The van der Waals surface area contributed by atoms with Crippen molar-refractivity contribution in [2.24, 2.45) is 5.92 Å². The Kier molecular flexibility index (Phi) is 28.6. The van der Waals surface area contributed by atoms with Crippen molar-refractivity contribution in [3.05, 3.63) is 60.8 Å². The largest absolute Gasteiger partial charge is 0.469 e. The molecule has 0 aromatic carbocycles. The molecule has 0 fully saturated rings. The number of carbonyl (C=O) groups is 2. The van der Waals surface area contributed by atoms with Crippen LogP contribution in [0.5, 0.6) is 0 Å². The fourth-order valence-electron chi connectivity index (χ4n) is 4.26. The van der Waals surface area contributed by atoms with Crippen LogP contribution in [0.25, 0.3) is 0 Å². The highest BCUT2D eigenvalue weighted by Crippen LogP contribution is 2.35. The summed E-state index contributed by atoms with van der Waals surface area (Å²) in [6, 6.07) is 0. The number of esters is 2. The molecule has 0 saturated heterocycles. The van der Waals surface area contributed by atoms with Gasteiger partial charge in [-0.25, -0.2) is 4.57 Å². The fourth-order valence-corrected chi connectivity index (χ4v) is 4.62. The molecule has 0 radical (unpaired) electrons. The third-order valence-electron chi connectivity index (χ3n) is 7.20. The molecule has 2 unspecified atom stereocenters. The molecule has 0 aliphatic rings. The summed E-state index contributed by atoms with van der Waals surface area (Å²) in [5.74, 6) is -0.330. The lowest BCUT2D eigenvalue weighted by Gasteiger charge is -2.18. The normalized spacial score (nSPS) is 14.7. The summed E-state index contributed by atoms with van der Waals surface area (Å²) in [6.45, 7) is 5.63. The number of phosphoric ester groups is 1. The van der Waals surface area contributed by atoms with Crippen LogP contribution in [0.4, 0.5) is 0 Å². The van der Waals surface area contributed by atoms with Gasteiger partial charge in [0.05, 0.1) is 12.7 Å². The summed E-state index contributed by atoms with van der Waals surface area (Å²) in [5.41, 5.74) is 0. The summed E-state index contributed by atoms with van der Waals surface area (Å²) in [7, 11) is -4.80. The Morgan fingerprint density at radius 2 is 1.30 bits per heavy atom. The molecule has 0 rings (SSSR count). The zero-order valence-electron chi connectivity index (χ0n) is 28.5. The van der Waals surface area contributed by atoms with Crippen molar-refractivity contribution >= 4 is 19.8 Å². The van der Waals surface area contributed by atoms with Gasteiger partial charge >= 0.3 is 19.8 Å². The van der Waals surface area contributed by atoms with Crippen molar-refractivity contribution in [3.8, 4) is 0 Å². The molecule has 0 aromatic heterocycles. The van der Waals surface area contributed by atoms with E-state index >= 15 is 0 Å². The Balaban J connectivity index is 4.29. The van der Waals surface area contributed by atoms with Gasteiger partial charge in [-0.05, 0) is 50.9 Å². The lowest BCUT2D eigenvalue weighted by molar-refractivity contribution is -0.161. The number of rotatable bonds is 29. The molecule has 0 aliphatic heterocycles. The second kappa shape index (κ2) is 30.1. The predicted molar refractivity (Wildman–Crippen MR) is 185 cm³/mol. The molecule has 10 heteroatoms. The lowest BCUT2D eigenvalue weighted by atomic mass is 10.00. The maximum Gasteiger partial charge on any atom is 0.469 e. The first-order valence-electron chi connectivity index (χ1n) is 17.1. The maximum atomic E-state index is 12.3. The zero-order chi connectivity index (χ0) is 34.3. The smallest absolute Gasteiger partial charge is 0.462 e. The van der Waals surface area contributed by atoms with Crippen LogP contribution in [-0.4, -0.2) is 52.3 Å². The summed E-state index contributed by atoms with van der Waals surface area (Å²) >= 11 is 0. The molecule has 0 spiro atoms. The van der Waals surface area contributed by atoms with E-state index in [1.54, 1.807) is 12.2 Å². The first-order chi connectivity index (χ1) is 22.1. The van der Waals surface area contributed by atoms with Crippen molar-refractivity contribution in [1.82, 2.24) is 0 Å². The van der Waals surface area contributed by atoms with Gasteiger partial charge in [-0.15, -0.1) is 0 Å². The van der Waals surface area contributed by atoms with Crippen molar-refractivity contribution in [3.63, 3.8) is 0 Å². The van der Waals surface area contributed by atoms with E-state index in [4.69, 9.17) is 19.3 Å². The van der Waals surface area contributed by atoms with Crippen molar-refractivity contribution in [2.75, 3.05) is 13.2 Å². The van der Waals surface area contributed by atoms with E-state index in [2.05, 4.69) is 61.8 Å². The Bertz CT molecular complexity index is 965. The Morgan fingerprint density at radius 3 is 1.93 bits per heavy atom. The van der Waals surface area contributed by atoms with Crippen LogP contribution in [-0.2, 0) is 28.2 Å². The van der Waals surface area contributed by atoms with Gasteiger partial charge in [-0.1, -0.05) is 126 Å². The van der Waals surface area contributed by atoms with E-state index in [0.29, 0.717) is 19.3 Å². The van der Waals surface area contributed by atoms with E-state index in [9.17, 15) is 19.3 Å². The highest BCUT2D eigenvalue weighted by molar-refractivity contribution is 7.46. The third-order valence-corrected chi connectivity index (χ3v) is 7.68. The van der Waals surface area contributed by atoms with Gasteiger partial charge in [-0.2, -0.15) is 0 Å². The summed E-state index contributed by atoms with van der Waals surface area (Å²) in [6.07, 6.45) is 31.4. The van der Waals surface area contributed by atoms with E-state index in [1.165, 1.54) is 25.7 Å². The van der Waals surface area contributed by atoms with Crippen LogP contribution in [0, 0.1) is 5.92 Å². The minimum atomic E-state index is -4.80. The molecule has 264 valence electrons. The zero-order valence-corrected chi connectivity index (χ0v) is 29.4. The monoisotopic (exact) mass is 668 g/mol. The number of carbonyl (C=O) groups excluding carboxylic acids is 2. The minimum absolute atomic E-state index is 0.0212. The van der Waals surface area contributed by atoms with Crippen LogP contribution < -0.4 is 0 Å². The van der Waals surface area contributed by atoms with Crippen molar-refractivity contribution < 1.29 is 43.0 Å². The third kappa shape index (κ3) is 31.7.